The number of carbonyl (C=O) groups excluding carboxylic acids is 1. The van der Waals surface area contributed by atoms with Gasteiger partial charge in [-0.3, -0.25) is 4.79 Å². The third-order valence-electron chi connectivity index (χ3n) is 5.47. The van der Waals surface area contributed by atoms with Crippen molar-refractivity contribution in [2.24, 2.45) is 0 Å². The molecule has 1 saturated heterocycles. The van der Waals surface area contributed by atoms with Crippen LogP contribution >= 0.6 is 27.5 Å². The molecule has 0 atom stereocenters. The molecule has 1 aliphatic rings. The molecule has 0 N–H and O–H groups in total. The molecule has 4 rings (SSSR count). The Hall–Kier alpha value is -2.41. The van der Waals surface area contributed by atoms with Crippen molar-refractivity contribution in [3.05, 3.63) is 105 Å². The van der Waals surface area contributed by atoms with Gasteiger partial charge in [0.15, 0.2) is 9.84 Å². The predicted molar refractivity (Wildman–Crippen MR) is 131 cm³/mol. The molecule has 0 aromatic heterocycles. The molecule has 1 fully saturated rings. The highest BCUT2D eigenvalue weighted by Gasteiger charge is 2.29. The van der Waals surface area contributed by atoms with Crippen LogP contribution in [0.4, 0.5) is 0 Å². The van der Waals surface area contributed by atoms with Crippen molar-refractivity contribution in [1.82, 2.24) is 4.90 Å². The molecule has 0 unspecified atom stereocenters. The summed E-state index contributed by atoms with van der Waals surface area (Å²) in [6, 6.07) is 22.0. The fourth-order valence-electron chi connectivity index (χ4n) is 3.84. The molecule has 1 aliphatic heterocycles. The first-order chi connectivity index (χ1) is 15.2. The molecule has 0 bridgehead atoms. The molecular weight excluding hydrogens is 510 g/mol. The van der Waals surface area contributed by atoms with E-state index in [1.807, 2.05) is 41.3 Å². The van der Waals surface area contributed by atoms with E-state index in [4.69, 9.17) is 11.6 Å². The van der Waals surface area contributed by atoms with E-state index in [0.717, 1.165) is 32.3 Å². The Balaban J connectivity index is 1.74. The first-order valence-electron chi connectivity index (χ1n) is 10.1. The molecule has 7 heteroatoms. The number of amides is 1. The fraction of sp³-hybridized carbons (Fsp3) is 0.160. The van der Waals surface area contributed by atoms with Crippen LogP contribution in [-0.4, -0.2) is 32.0 Å². The predicted octanol–water partition coefficient (Wildman–Crippen LogP) is 5.74. The highest BCUT2D eigenvalue weighted by Crippen LogP contribution is 2.34. The molecular formula is C25H21BrClNO3S. The van der Waals surface area contributed by atoms with E-state index in [0.29, 0.717) is 24.5 Å². The molecule has 3 aromatic carbocycles. The van der Waals surface area contributed by atoms with Gasteiger partial charge in [-0.25, -0.2) is 8.42 Å². The van der Waals surface area contributed by atoms with E-state index >= 15 is 0 Å². The van der Waals surface area contributed by atoms with Crippen molar-refractivity contribution in [2.45, 2.75) is 17.9 Å². The van der Waals surface area contributed by atoms with Gasteiger partial charge >= 0.3 is 0 Å². The van der Waals surface area contributed by atoms with Gasteiger partial charge in [-0.15, -0.1) is 0 Å². The summed E-state index contributed by atoms with van der Waals surface area (Å²) in [6.45, 7) is 1.17. The summed E-state index contributed by atoms with van der Waals surface area (Å²) in [4.78, 5) is 15.5. The van der Waals surface area contributed by atoms with Gasteiger partial charge in [0.2, 0.25) is 0 Å². The first-order valence-corrected chi connectivity index (χ1v) is 13.1. The minimum atomic E-state index is -3.30. The summed E-state index contributed by atoms with van der Waals surface area (Å²) in [7, 11) is -3.30. The SMILES string of the molecule is CS(=O)(=O)c1ccc(/C(=C2\CCN(Cc3ccc(Br)cc3)C2=O)c2ccc(Cl)cc2)cc1. The highest BCUT2D eigenvalue weighted by atomic mass is 79.9. The van der Waals surface area contributed by atoms with Gasteiger partial charge in [0.25, 0.3) is 5.91 Å². The summed E-state index contributed by atoms with van der Waals surface area (Å²) in [5.41, 5.74) is 4.26. The zero-order chi connectivity index (χ0) is 22.9. The van der Waals surface area contributed by atoms with E-state index in [1.54, 1.807) is 36.4 Å². The first kappa shape index (κ1) is 22.8. The second kappa shape index (κ2) is 9.22. The topological polar surface area (TPSA) is 54.5 Å². The van der Waals surface area contributed by atoms with E-state index in [1.165, 1.54) is 6.26 Å². The molecule has 164 valence electrons. The van der Waals surface area contributed by atoms with Gasteiger partial charge in [-0.05, 0) is 65.1 Å². The number of likely N-dealkylation sites (tertiary alicyclic amines) is 1. The van der Waals surface area contributed by atoms with Crippen molar-refractivity contribution >= 4 is 48.8 Å². The van der Waals surface area contributed by atoms with Gasteiger partial charge in [-0.2, -0.15) is 0 Å². The largest absolute Gasteiger partial charge is 0.334 e. The number of sulfone groups is 1. The van der Waals surface area contributed by atoms with Crippen LogP contribution in [0.2, 0.25) is 5.02 Å². The summed E-state index contributed by atoms with van der Waals surface area (Å²) >= 11 is 9.52. The van der Waals surface area contributed by atoms with Crippen LogP contribution < -0.4 is 0 Å². The van der Waals surface area contributed by atoms with Crippen molar-refractivity contribution in [3.63, 3.8) is 0 Å². The lowest BCUT2D eigenvalue weighted by molar-refractivity contribution is -0.125. The average molecular weight is 531 g/mol. The number of benzene rings is 3. The Bertz CT molecular complexity index is 1280. The summed E-state index contributed by atoms with van der Waals surface area (Å²) in [5.74, 6) is -0.00921. The molecule has 1 amide bonds. The second-order valence-electron chi connectivity index (χ2n) is 7.76. The Morgan fingerprint density at radius 2 is 1.50 bits per heavy atom. The zero-order valence-corrected chi connectivity index (χ0v) is 20.5. The highest BCUT2D eigenvalue weighted by molar-refractivity contribution is 9.10. The molecule has 0 spiro atoms. The quantitative estimate of drug-likeness (QED) is 0.395. The Labute approximate surface area is 201 Å². The lowest BCUT2D eigenvalue weighted by atomic mass is 9.92. The monoisotopic (exact) mass is 529 g/mol. The minimum absolute atomic E-state index is 0.00921. The maximum atomic E-state index is 13.4. The number of hydrogen-bond acceptors (Lipinski definition) is 3. The summed E-state index contributed by atoms with van der Waals surface area (Å²) in [5, 5.41) is 0.611. The van der Waals surface area contributed by atoms with E-state index in [9.17, 15) is 13.2 Å². The standard InChI is InChI=1S/C25H21BrClNO3S/c1-32(30,31)22-12-6-19(7-13-22)24(18-4-10-21(27)11-5-18)23-14-15-28(25(23)29)16-17-2-8-20(26)9-3-17/h2-13H,14-16H2,1H3/b24-23+. The lowest BCUT2D eigenvalue weighted by Crippen LogP contribution is -2.24. The molecule has 3 aromatic rings. The summed E-state index contributed by atoms with van der Waals surface area (Å²) < 4.78 is 24.8. The third kappa shape index (κ3) is 4.98. The van der Waals surface area contributed by atoms with Gasteiger partial charge in [0.1, 0.15) is 0 Å². The maximum Gasteiger partial charge on any atom is 0.250 e. The zero-order valence-electron chi connectivity index (χ0n) is 17.4. The molecule has 1 heterocycles. The van der Waals surface area contributed by atoms with Crippen LogP contribution in [0.15, 0.2) is 87.7 Å². The Morgan fingerprint density at radius 1 is 0.938 bits per heavy atom. The van der Waals surface area contributed by atoms with E-state index in [-0.39, 0.29) is 10.8 Å². The Kier molecular flexibility index (Phi) is 6.56. The average Bonchev–Trinajstić information content (AvgIpc) is 3.11. The van der Waals surface area contributed by atoms with Gasteiger partial charge < -0.3 is 4.90 Å². The van der Waals surface area contributed by atoms with Crippen LogP contribution in [0.3, 0.4) is 0 Å². The molecule has 0 saturated carbocycles. The second-order valence-corrected chi connectivity index (χ2v) is 11.1. The number of halogens is 2. The van der Waals surface area contributed by atoms with E-state index in [2.05, 4.69) is 15.9 Å². The number of rotatable bonds is 5. The van der Waals surface area contributed by atoms with Gasteiger partial charge in [0, 0.05) is 34.4 Å². The van der Waals surface area contributed by atoms with Crippen molar-refractivity contribution < 1.29 is 13.2 Å². The van der Waals surface area contributed by atoms with Crippen LogP contribution in [0.1, 0.15) is 23.1 Å². The minimum Gasteiger partial charge on any atom is -0.334 e. The molecule has 0 radical (unpaired) electrons. The van der Waals surface area contributed by atoms with Gasteiger partial charge in [-0.1, -0.05) is 63.9 Å². The van der Waals surface area contributed by atoms with Crippen molar-refractivity contribution in [2.75, 3.05) is 12.8 Å². The summed E-state index contributed by atoms with van der Waals surface area (Å²) in [6.07, 6.45) is 1.79. The fourth-order valence-corrected chi connectivity index (χ4v) is 4.86. The third-order valence-corrected chi connectivity index (χ3v) is 7.38. The normalized spacial score (nSPS) is 15.8. The number of carbonyl (C=O) groups is 1. The van der Waals surface area contributed by atoms with Crippen molar-refractivity contribution in [1.29, 1.82) is 0 Å². The van der Waals surface area contributed by atoms with Crippen LogP contribution in [0.25, 0.3) is 5.57 Å². The molecule has 4 nitrogen and oxygen atoms in total. The van der Waals surface area contributed by atoms with Crippen LogP contribution in [0, 0.1) is 0 Å². The number of nitrogens with zero attached hydrogens (tertiary/aromatic N) is 1. The van der Waals surface area contributed by atoms with Crippen LogP contribution in [0.5, 0.6) is 0 Å². The smallest absolute Gasteiger partial charge is 0.250 e. The Morgan fingerprint density at radius 3 is 2.06 bits per heavy atom. The molecule has 0 aliphatic carbocycles. The van der Waals surface area contributed by atoms with E-state index < -0.39 is 9.84 Å². The van der Waals surface area contributed by atoms with Crippen LogP contribution in [-0.2, 0) is 21.2 Å². The maximum absolute atomic E-state index is 13.4. The number of hydrogen-bond donors (Lipinski definition) is 0. The van der Waals surface area contributed by atoms with Gasteiger partial charge in [0.05, 0.1) is 4.90 Å². The lowest BCUT2D eigenvalue weighted by Gasteiger charge is -2.17. The molecule has 32 heavy (non-hydrogen) atoms. The van der Waals surface area contributed by atoms with Crippen molar-refractivity contribution in [3.8, 4) is 0 Å².